The van der Waals surface area contributed by atoms with Gasteiger partial charge in [-0.3, -0.25) is 0 Å². The van der Waals surface area contributed by atoms with Gasteiger partial charge in [-0.1, -0.05) is 19.8 Å². The number of likely N-dealkylation sites (tertiary alicyclic amines) is 1. The van der Waals surface area contributed by atoms with E-state index in [1.807, 2.05) is 11.3 Å². The summed E-state index contributed by atoms with van der Waals surface area (Å²) in [5.74, 6) is 0. The fraction of sp³-hybridized carbons (Fsp3) is 0.765. The topological polar surface area (TPSA) is 21.7 Å². The molecule has 1 unspecified atom stereocenters. The monoisotopic (exact) mass is 309 g/mol. The highest BCUT2D eigenvalue weighted by molar-refractivity contribution is 7.10. The van der Waals surface area contributed by atoms with Crippen molar-refractivity contribution in [1.82, 2.24) is 4.90 Å². The molecule has 0 N–H and O–H groups in total. The lowest BCUT2D eigenvalue weighted by molar-refractivity contribution is -0.226. The van der Waals surface area contributed by atoms with Gasteiger partial charge in [0.1, 0.15) is 0 Å². The van der Waals surface area contributed by atoms with E-state index in [4.69, 9.17) is 9.47 Å². The molecule has 118 valence electrons. The van der Waals surface area contributed by atoms with Crippen LogP contribution < -0.4 is 0 Å². The van der Waals surface area contributed by atoms with Crippen LogP contribution in [0.4, 0.5) is 0 Å². The molecule has 21 heavy (non-hydrogen) atoms. The summed E-state index contributed by atoms with van der Waals surface area (Å²) in [6.07, 6.45) is 7.02. The zero-order chi connectivity index (χ0) is 14.7. The second kappa shape index (κ2) is 6.78. The Morgan fingerprint density at radius 3 is 2.90 bits per heavy atom. The van der Waals surface area contributed by atoms with Gasteiger partial charge in [0.05, 0.1) is 5.60 Å². The lowest BCUT2D eigenvalue weighted by Crippen LogP contribution is -2.48. The summed E-state index contributed by atoms with van der Waals surface area (Å²) in [6.45, 7) is 5.81. The third kappa shape index (κ3) is 3.19. The molecule has 1 spiro atoms. The first-order valence-corrected chi connectivity index (χ1v) is 9.15. The molecule has 1 fully saturated rings. The largest absolute Gasteiger partial charge is 0.355 e. The first-order chi connectivity index (χ1) is 10.3. The Balaban J connectivity index is 1.66. The number of methoxy groups -OCH3 is 1. The number of hydrogen-bond donors (Lipinski definition) is 0. The molecule has 1 saturated heterocycles. The average Bonchev–Trinajstić information content (AvgIpc) is 2.99. The minimum atomic E-state index is -0.0878. The molecular weight excluding hydrogens is 282 g/mol. The quantitative estimate of drug-likeness (QED) is 0.773. The highest BCUT2D eigenvalue weighted by atomic mass is 32.1. The minimum absolute atomic E-state index is 0.0669. The van der Waals surface area contributed by atoms with Crippen molar-refractivity contribution in [3.63, 3.8) is 0 Å². The molecule has 2 aliphatic rings. The van der Waals surface area contributed by atoms with Crippen molar-refractivity contribution in [2.24, 2.45) is 0 Å². The summed E-state index contributed by atoms with van der Waals surface area (Å²) >= 11 is 1.86. The van der Waals surface area contributed by atoms with Crippen molar-refractivity contribution in [1.29, 1.82) is 0 Å². The molecule has 0 bridgehead atoms. The van der Waals surface area contributed by atoms with Gasteiger partial charge in [0.25, 0.3) is 0 Å². The van der Waals surface area contributed by atoms with Crippen LogP contribution in [0.3, 0.4) is 0 Å². The molecule has 0 saturated carbocycles. The van der Waals surface area contributed by atoms with Gasteiger partial charge in [-0.2, -0.15) is 0 Å². The molecule has 4 heteroatoms. The number of rotatable bonds is 5. The third-order valence-corrected chi connectivity index (χ3v) is 5.89. The fourth-order valence-corrected chi connectivity index (χ4v) is 4.64. The summed E-state index contributed by atoms with van der Waals surface area (Å²) < 4.78 is 11.9. The molecule has 3 rings (SSSR count). The summed E-state index contributed by atoms with van der Waals surface area (Å²) in [5.41, 5.74) is 1.35. The van der Waals surface area contributed by atoms with E-state index < -0.39 is 0 Å². The summed E-state index contributed by atoms with van der Waals surface area (Å²) in [5, 5.41) is 2.21. The van der Waals surface area contributed by atoms with Crippen molar-refractivity contribution < 1.29 is 9.47 Å². The zero-order valence-corrected chi connectivity index (χ0v) is 14.1. The summed E-state index contributed by atoms with van der Waals surface area (Å²) in [6, 6.07) is 2.28. The fourth-order valence-electron chi connectivity index (χ4n) is 3.65. The molecule has 1 aromatic rings. The van der Waals surface area contributed by atoms with Crippen molar-refractivity contribution in [2.45, 2.75) is 57.3 Å². The van der Waals surface area contributed by atoms with Gasteiger partial charge in [0, 0.05) is 31.5 Å². The van der Waals surface area contributed by atoms with Crippen LogP contribution in [0.15, 0.2) is 11.4 Å². The van der Waals surface area contributed by atoms with Crippen molar-refractivity contribution in [3.8, 4) is 0 Å². The highest BCUT2D eigenvalue weighted by Crippen LogP contribution is 2.45. The van der Waals surface area contributed by atoms with E-state index in [1.54, 1.807) is 7.11 Å². The number of fused-ring (bicyclic) bond motifs is 2. The normalized spacial score (nSPS) is 25.1. The Bertz CT molecular complexity index is 451. The first kappa shape index (κ1) is 15.5. The summed E-state index contributed by atoms with van der Waals surface area (Å²) in [7, 11) is 1.76. The second-order valence-corrected chi connectivity index (χ2v) is 7.29. The molecule has 0 amide bonds. The second-order valence-electron chi connectivity index (χ2n) is 6.29. The molecule has 0 aliphatic carbocycles. The van der Waals surface area contributed by atoms with Gasteiger partial charge >= 0.3 is 0 Å². The van der Waals surface area contributed by atoms with Crippen LogP contribution in [-0.2, 0) is 21.5 Å². The molecule has 1 atom stereocenters. The van der Waals surface area contributed by atoms with Crippen molar-refractivity contribution >= 4 is 11.3 Å². The Hall–Kier alpha value is -0.420. The number of nitrogens with zero attached hydrogens (tertiary/aromatic N) is 1. The van der Waals surface area contributed by atoms with Gasteiger partial charge < -0.3 is 14.4 Å². The maximum Gasteiger partial charge on any atom is 0.163 e. The number of thiophene rings is 1. The van der Waals surface area contributed by atoms with Crippen molar-refractivity contribution in [2.75, 3.05) is 26.7 Å². The number of ether oxygens (including phenoxy) is 2. The number of hydrogen-bond acceptors (Lipinski definition) is 4. The van der Waals surface area contributed by atoms with Gasteiger partial charge in [-0.25, -0.2) is 0 Å². The lowest BCUT2D eigenvalue weighted by Gasteiger charge is -2.46. The third-order valence-electron chi connectivity index (χ3n) is 4.95. The van der Waals surface area contributed by atoms with Crippen LogP contribution >= 0.6 is 11.3 Å². The molecule has 0 radical (unpaired) electrons. The smallest absolute Gasteiger partial charge is 0.163 e. The van der Waals surface area contributed by atoms with E-state index in [0.717, 1.165) is 32.4 Å². The van der Waals surface area contributed by atoms with E-state index in [-0.39, 0.29) is 11.9 Å². The minimum Gasteiger partial charge on any atom is -0.355 e. The van der Waals surface area contributed by atoms with Gasteiger partial charge in [-0.05, 0) is 42.8 Å². The first-order valence-electron chi connectivity index (χ1n) is 8.27. The van der Waals surface area contributed by atoms with E-state index in [9.17, 15) is 0 Å². The van der Waals surface area contributed by atoms with Crippen LogP contribution in [0.25, 0.3) is 0 Å². The predicted octanol–water partition coefficient (Wildman–Crippen LogP) is 3.77. The van der Waals surface area contributed by atoms with E-state index >= 15 is 0 Å². The molecule has 3 nitrogen and oxygen atoms in total. The van der Waals surface area contributed by atoms with E-state index in [1.165, 1.54) is 36.2 Å². The molecule has 1 aromatic heterocycles. The van der Waals surface area contributed by atoms with E-state index in [0.29, 0.717) is 0 Å². The van der Waals surface area contributed by atoms with Crippen LogP contribution in [0.5, 0.6) is 0 Å². The maximum atomic E-state index is 6.38. The highest BCUT2D eigenvalue weighted by Gasteiger charge is 2.44. The lowest BCUT2D eigenvalue weighted by atomic mass is 9.82. The Morgan fingerprint density at radius 1 is 1.38 bits per heavy atom. The summed E-state index contributed by atoms with van der Waals surface area (Å²) in [4.78, 5) is 4.07. The number of unbranched alkanes of at least 4 members (excludes halogenated alkanes) is 2. The van der Waals surface area contributed by atoms with Crippen LogP contribution in [-0.4, -0.2) is 37.9 Å². The predicted molar refractivity (Wildman–Crippen MR) is 86.8 cm³/mol. The Labute approximate surface area is 132 Å². The number of piperidine rings is 1. The standard InChI is InChI=1S/C17H27NO2S/c1-3-4-5-9-18-10-7-17(8-11-18)14-6-12-21-15(14)13-16(19-2)20-17/h6,12,16H,3-5,7-11,13H2,1-2H3. The molecule has 3 heterocycles. The maximum absolute atomic E-state index is 6.38. The Morgan fingerprint density at radius 2 is 2.19 bits per heavy atom. The van der Waals surface area contributed by atoms with Crippen LogP contribution in [0.1, 0.15) is 49.5 Å². The SMILES string of the molecule is CCCCCN1CCC2(CC1)OC(OC)Cc1sccc12. The van der Waals surface area contributed by atoms with Gasteiger partial charge in [-0.15, -0.1) is 11.3 Å². The van der Waals surface area contributed by atoms with Crippen molar-refractivity contribution in [3.05, 3.63) is 21.9 Å². The molecular formula is C17H27NO2S. The van der Waals surface area contributed by atoms with Crippen LogP contribution in [0.2, 0.25) is 0 Å². The van der Waals surface area contributed by atoms with E-state index in [2.05, 4.69) is 23.3 Å². The van der Waals surface area contributed by atoms with Crippen LogP contribution in [0, 0.1) is 0 Å². The molecule has 0 aromatic carbocycles. The average molecular weight is 309 g/mol. The van der Waals surface area contributed by atoms with Gasteiger partial charge in [0.15, 0.2) is 6.29 Å². The van der Waals surface area contributed by atoms with Gasteiger partial charge in [0.2, 0.25) is 0 Å². The zero-order valence-electron chi connectivity index (χ0n) is 13.3. The molecule has 2 aliphatic heterocycles. The Kier molecular flexibility index (Phi) is 4.99.